The van der Waals surface area contributed by atoms with Crippen molar-refractivity contribution in [3.05, 3.63) is 98.0 Å². The quantitative estimate of drug-likeness (QED) is 0.123. The van der Waals surface area contributed by atoms with Crippen LogP contribution >= 0.6 is 23.2 Å². The molecule has 0 heterocycles. The van der Waals surface area contributed by atoms with E-state index in [0.29, 0.717) is 21.3 Å². The van der Waals surface area contributed by atoms with Gasteiger partial charge in [-0.2, -0.15) is 5.10 Å². The number of rotatable bonds is 6. The molecule has 0 spiro atoms. The number of esters is 1. The molecule has 2 amide bonds. The maximum absolute atomic E-state index is 12.2. The summed E-state index contributed by atoms with van der Waals surface area (Å²) in [5, 5.41) is 17.6. The second-order valence-electron chi connectivity index (χ2n) is 6.97. The molecule has 2 N–H and O–H groups in total. The molecule has 0 radical (unpaired) electrons. The number of nitro groups is 1. The van der Waals surface area contributed by atoms with Crippen LogP contribution in [-0.2, 0) is 9.59 Å². The first-order valence-electron chi connectivity index (χ1n) is 9.81. The largest absolute Gasteiger partial charge is 0.423 e. The van der Waals surface area contributed by atoms with Crippen molar-refractivity contribution in [3.8, 4) is 5.75 Å². The number of anilines is 1. The number of hydrazone groups is 1. The highest BCUT2D eigenvalue weighted by molar-refractivity contribution is 6.40. The minimum absolute atomic E-state index is 0.140. The van der Waals surface area contributed by atoms with Gasteiger partial charge >= 0.3 is 17.8 Å². The van der Waals surface area contributed by atoms with Gasteiger partial charge in [0, 0.05) is 27.9 Å². The fourth-order valence-corrected chi connectivity index (χ4v) is 3.24. The molecule has 0 aliphatic rings. The molecule has 0 atom stereocenters. The third-order valence-electron chi connectivity index (χ3n) is 4.45. The van der Waals surface area contributed by atoms with Crippen molar-refractivity contribution >= 4 is 58.1 Å². The molecule has 0 unspecified atom stereocenters. The molecule has 0 aromatic heterocycles. The molecule has 0 fully saturated rings. The molecule has 0 saturated carbocycles. The topological polar surface area (TPSA) is 140 Å². The summed E-state index contributed by atoms with van der Waals surface area (Å²) in [6.07, 6.45) is 0. The number of halogens is 2. The third-order valence-corrected chi connectivity index (χ3v) is 4.88. The van der Waals surface area contributed by atoms with E-state index in [1.165, 1.54) is 54.6 Å². The second kappa shape index (κ2) is 11.2. The molecule has 12 heteroatoms. The Morgan fingerprint density at radius 1 is 0.886 bits per heavy atom. The normalized spacial score (nSPS) is 10.9. The summed E-state index contributed by atoms with van der Waals surface area (Å²) in [6, 6.07) is 15.6. The highest BCUT2D eigenvalue weighted by Crippen LogP contribution is 2.22. The van der Waals surface area contributed by atoms with E-state index in [-0.39, 0.29) is 22.7 Å². The maximum Gasteiger partial charge on any atom is 0.343 e. The lowest BCUT2D eigenvalue weighted by Crippen LogP contribution is -2.32. The van der Waals surface area contributed by atoms with E-state index < -0.39 is 22.7 Å². The second-order valence-corrected chi connectivity index (χ2v) is 7.84. The average Bonchev–Trinajstić information content (AvgIpc) is 2.82. The van der Waals surface area contributed by atoms with Gasteiger partial charge in [0.1, 0.15) is 5.75 Å². The first-order chi connectivity index (χ1) is 16.6. The van der Waals surface area contributed by atoms with Crippen LogP contribution in [0.3, 0.4) is 0 Å². The van der Waals surface area contributed by atoms with Crippen LogP contribution in [0.25, 0.3) is 0 Å². The molecule has 3 aromatic rings. The van der Waals surface area contributed by atoms with E-state index in [9.17, 15) is 24.5 Å². The Bertz CT molecular complexity index is 1300. The molecule has 0 aliphatic carbocycles. The summed E-state index contributed by atoms with van der Waals surface area (Å²) in [7, 11) is 0. The van der Waals surface area contributed by atoms with Crippen LogP contribution in [0, 0.1) is 10.1 Å². The summed E-state index contributed by atoms with van der Waals surface area (Å²) >= 11 is 11.7. The van der Waals surface area contributed by atoms with Crippen LogP contribution in [0.5, 0.6) is 5.75 Å². The van der Waals surface area contributed by atoms with E-state index >= 15 is 0 Å². The number of non-ortho nitro benzene ring substituents is 1. The lowest BCUT2D eigenvalue weighted by Gasteiger charge is -2.07. The Morgan fingerprint density at radius 2 is 1.46 bits per heavy atom. The fraction of sp³-hybridized carbons (Fsp3) is 0.0435. The number of nitrogens with zero attached hydrogens (tertiary/aromatic N) is 2. The van der Waals surface area contributed by atoms with E-state index in [2.05, 4.69) is 15.8 Å². The van der Waals surface area contributed by atoms with Gasteiger partial charge in [0.25, 0.3) is 5.69 Å². The molecule has 0 saturated heterocycles. The maximum atomic E-state index is 12.2. The van der Waals surface area contributed by atoms with Crippen LogP contribution in [-0.4, -0.2) is 28.4 Å². The average molecular weight is 515 g/mol. The monoisotopic (exact) mass is 514 g/mol. The number of benzene rings is 3. The predicted octanol–water partition coefficient (Wildman–Crippen LogP) is 4.60. The minimum Gasteiger partial charge on any atom is -0.423 e. The van der Waals surface area contributed by atoms with Crippen molar-refractivity contribution in [3.63, 3.8) is 0 Å². The molecular weight excluding hydrogens is 499 g/mol. The Labute approximate surface area is 208 Å². The fourth-order valence-electron chi connectivity index (χ4n) is 2.71. The van der Waals surface area contributed by atoms with Crippen LogP contribution in [0.2, 0.25) is 10.0 Å². The standard InChI is InChI=1S/C23H16Cl2N4O6/c1-13(27-28-22(31)21(30)26-18-11-16(24)10-17(25)12-18)14-4-8-20(9-5-14)35-23(32)15-2-6-19(7-3-15)29(33)34/h2-12H,1H3,(H,26,30)(H,28,31)/b27-13+. The Kier molecular flexibility index (Phi) is 8.13. The van der Waals surface area contributed by atoms with E-state index in [1.54, 1.807) is 19.1 Å². The lowest BCUT2D eigenvalue weighted by atomic mass is 10.1. The number of carbonyl (C=O) groups excluding carboxylic acids is 3. The van der Waals surface area contributed by atoms with Gasteiger partial charge in [0.2, 0.25) is 0 Å². The Morgan fingerprint density at radius 3 is 2.03 bits per heavy atom. The summed E-state index contributed by atoms with van der Waals surface area (Å²) < 4.78 is 5.25. The van der Waals surface area contributed by atoms with Gasteiger partial charge < -0.3 is 10.1 Å². The van der Waals surface area contributed by atoms with Gasteiger partial charge in [-0.15, -0.1) is 0 Å². The molecule has 0 aliphatic heterocycles. The van der Waals surface area contributed by atoms with Crippen molar-refractivity contribution in [2.75, 3.05) is 5.32 Å². The van der Waals surface area contributed by atoms with Gasteiger partial charge in [-0.25, -0.2) is 10.2 Å². The molecular formula is C23H16Cl2N4O6. The van der Waals surface area contributed by atoms with Crippen molar-refractivity contribution in [1.29, 1.82) is 0 Å². The SMILES string of the molecule is C/C(=N\NC(=O)C(=O)Nc1cc(Cl)cc(Cl)c1)c1ccc(OC(=O)c2ccc([N+](=O)[O-])cc2)cc1. The predicted molar refractivity (Wildman–Crippen MR) is 130 cm³/mol. The van der Waals surface area contributed by atoms with Crippen LogP contribution < -0.4 is 15.5 Å². The minimum atomic E-state index is -1.01. The third kappa shape index (κ3) is 7.10. The van der Waals surface area contributed by atoms with Gasteiger partial charge in [0.15, 0.2) is 0 Å². The summed E-state index contributed by atoms with van der Waals surface area (Å²) in [5.74, 6) is -2.42. The first-order valence-corrected chi connectivity index (χ1v) is 10.6. The van der Waals surface area contributed by atoms with Gasteiger partial charge in [-0.3, -0.25) is 19.7 Å². The Balaban J connectivity index is 1.57. The number of hydrogen-bond acceptors (Lipinski definition) is 7. The van der Waals surface area contributed by atoms with E-state index in [0.717, 1.165) is 0 Å². The smallest absolute Gasteiger partial charge is 0.343 e. The molecule has 0 bridgehead atoms. The van der Waals surface area contributed by atoms with Crippen molar-refractivity contribution in [1.82, 2.24) is 5.43 Å². The van der Waals surface area contributed by atoms with Gasteiger partial charge in [-0.1, -0.05) is 23.2 Å². The van der Waals surface area contributed by atoms with E-state index in [4.69, 9.17) is 27.9 Å². The zero-order valence-corrected chi connectivity index (χ0v) is 19.5. The first kappa shape index (κ1) is 25.3. The zero-order chi connectivity index (χ0) is 25.5. The Hall–Kier alpha value is -4.28. The molecule has 178 valence electrons. The number of hydrogen-bond donors (Lipinski definition) is 2. The summed E-state index contributed by atoms with van der Waals surface area (Å²) in [6.45, 7) is 1.60. The van der Waals surface area contributed by atoms with Gasteiger partial charge in [-0.05, 0) is 67.1 Å². The molecule has 10 nitrogen and oxygen atoms in total. The molecule has 3 aromatic carbocycles. The van der Waals surface area contributed by atoms with Crippen LogP contribution in [0.15, 0.2) is 71.8 Å². The van der Waals surface area contributed by atoms with Gasteiger partial charge in [0.05, 0.1) is 16.2 Å². The number of nitrogens with one attached hydrogen (secondary N) is 2. The van der Waals surface area contributed by atoms with Crippen LogP contribution in [0.4, 0.5) is 11.4 Å². The number of nitro benzene ring substituents is 1. The highest BCUT2D eigenvalue weighted by Gasteiger charge is 2.15. The van der Waals surface area contributed by atoms with Crippen molar-refractivity contribution in [2.45, 2.75) is 6.92 Å². The lowest BCUT2D eigenvalue weighted by molar-refractivity contribution is -0.384. The molecule has 3 rings (SSSR count). The number of carbonyl (C=O) groups is 3. The van der Waals surface area contributed by atoms with E-state index in [1.807, 2.05) is 0 Å². The van der Waals surface area contributed by atoms with Crippen molar-refractivity contribution in [2.24, 2.45) is 5.10 Å². The highest BCUT2D eigenvalue weighted by atomic mass is 35.5. The zero-order valence-electron chi connectivity index (χ0n) is 18.0. The van der Waals surface area contributed by atoms with Crippen molar-refractivity contribution < 1.29 is 24.0 Å². The summed E-state index contributed by atoms with van der Waals surface area (Å²) in [5.41, 5.74) is 3.38. The number of amides is 2. The summed E-state index contributed by atoms with van der Waals surface area (Å²) in [4.78, 5) is 46.4. The molecule has 35 heavy (non-hydrogen) atoms. The number of ether oxygens (including phenoxy) is 1. The van der Waals surface area contributed by atoms with Crippen LogP contribution in [0.1, 0.15) is 22.8 Å².